The average Bonchev–Trinajstić information content (AvgIpc) is 2.47. The first-order valence-corrected chi connectivity index (χ1v) is 7.89. The van der Waals surface area contributed by atoms with E-state index >= 15 is 0 Å². The van der Waals surface area contributed by atoms with Gasteiger partial charge in [-0.25, -0.2) is 9.97 Å². The molecule has 0 saturated heterocycles. The third-order valence-corrected chi connectivity index (χ3v) is 3.76. The molecule has 4 nitrogen and oxygen atoms in total. The van der Waals surface area contributed by atoms with Gasteiger partial charge in [0.05, 0.1) is 5.75 Å². The van der Waals surface area contributed by atoms with Crippen LogP contribution in [0.1, 0.15) is 23.9 Å². The fourth-order valence-electron chi connectivity index (χ4n) is 1.81. The number of thioether (sulfide) groups is 1. The lowest BCUT2D eigenvalue weighted by atomic mass is 10.2. The highest BCUT2D eigenvalue weighted by Gasteiger charge is 2.07. The van der Waals surface area contributed by atoms with Crippen molar-refractivity contribution in [3.8, 4) is 0 Å². The molecular weight excluding hydrogens is 282 g/mol. The molecule has 1 amide bonds. The first-order chi connectivity index (χ1) is 10.1. The minimum Gasteiger partial charge on any atom is -0.325 e. The van der Waals surface area contributed by atoms with Crippen LogP contribution in [0.15, 0.2) is 35.5 Å². The van der Waals surface area contributed by atoms with Gasteiger partial charge in [0.25, 0.3) is 0 Å². The Kier molecular flexibility index (Phi) is 5.33. The summed E-state index contributed by atoms with van der Waals surface area (Å²) in [5.41, 5.74) is 3.92. The van der Waals surface area contributed by atoms with E-state index in [0.717, 1.165) is 23.5 Å². The molecule has 0 spiro atoms. The molecule has 1 aromatic heterocycles. The number of nitrogens with zero attached hydrogens (tertiary/aromatic N) is 2. The zero-order chi connectivity index (χ0) is 15.2. The van der Waals surface area contributed by atoms with Gasteiger partial charge in [-0.3, -0.25) is 4.79 Å². The minimum absolute atomic E-state index is 0.0491. The SMILES string of the molecule is CCc1cc(C)nc(SCC(=O)Nc2ccc(C)cc2)n1. The molecule has 1 N–H and O–H groups in total. The van der Waals surface area contributed by atoms with Gasteiger partial charge < -0.3 is 5.32 Å². The average molecular weight is 301 g/mol. The fraction of sp³-hybridized carbons (Fsp3) is 0.312. The molecule has 1 heterocycles. The number of rotatable bonds is 5. The van der Waals surface area contributed by atoms with Gasteiger partial charge >= 0.3 is 0 Å². The number of hydrogen-bond donors (Lipinski definition) is 1. The first kappa shape index (κ1) is 15.5. The van der Waals surface area contributed by atoms with Crippen molar-refractivity contribution in [2.45, 2.75) is 32.3 Å². The summed E-state index contributed by atoms with van der Waals surface area (Å²) in [6, 6.07) is 9.71. The number of hydrogen-bond acceptors (Lipinski definition) is 4. The Hall–Kier alpha value is -1.88. The monoisotopic (exact) mass is 301 g/mol. The van der Waals surface area contributed by atoms with Crippen molar-refractivity contribution in [3.63, 3.8) is 0 Å². The summed E-state index contributed by atoms with van der Waals surface area (Å²) in [5.74, 6) is 0.257. The molecule has 2 aromatic rings. The van der Waals surface area contributed by atoms with Crippen LogP contribution in [0.3, 0.4) is 0 Å². The molecule has 2 rings (SSSR count). The van der Waals surface area contributed by atoms with Crippen molar-refractivity contribution in [3.05, 3.63) is 47.3 Å². The number of aromatic nitrogens is 2. The summed E-state index contributed by atoms with van der Waals surface area (Å²) in [4.78, 5) is 20.7. The molecule has 110 valence electrons. The number of amides is 1. The van der Waals surface area contributed by atoms with Gasteiger partial charge in [0, 0.05) is 17.1 Å². The molecule has 0 fully saturated rings. The summed E-state index contributed by atoms with van der Waals surface area (Å²) in [6.07, 6.45) is 0.868. The van der Waals surface area contributed by atoms with Crippen molar-refractivity contribution < 1.29 is 4.79 Å². The molecule has 21 heavy (non-hydrogen) atoms. The maximum Gasteiger partial charge on any atom is 0.234 e. The third-order valence-electron chi connectivity index (χ3n) is 2.92. The second-order valence-electron chi connectivity index (χ2n) is 4.84. The maximum atomic E-state index is 11.9. The summed E-state index contributed by atoms with van der Waals surface area (Å²) in [6.45, 7) is 6.01. The van der Waals surface area contributed by atoms with Crippen LogP contribution >= 0.6 is 11.8 Å². The fourth-order valence-corrected chi connectivity index (χ4v) is 2.54. The summed E-state index contributed by atoms with van der Waals surface area (Å²) in [5, 5.41) is 3.53. The summed E-state index contributed by atoms with van der Waals surface area (Å²) in [7, 11) is 0. The van der Waals surface area contributed by atoms with Crippen LogP contribution in [0.5, 0.6) is 0 Å². The molecule has 0 aliphatic heterocycles. The highest BCUT2D eigenvalue weighted by molar-refractivity contribution is 7.99. The van der Waals surface area contributed by atoms with Crippen molar-refractivity contribution in [2.75, 3.05) is 11.1 Å². The molecule has 1 aromatic carbocycles. The highest BCUT2D eigenvalue weighted by Crippen LogP contribution is 2.15. The van der Waals surface area contributed by atoms with E-state index in [0.29, 0.717) is 10.9 Å². The van der Waals surface area contributed by atoms with Crippen LogP contribution in [-0.2, 0) is 11.2 Å². The molecular formula is C16H19N3OS. The standard InChI is InChI=1S/C16H19N3OS/c1-4-13-9-12(3)17-16(19-13)21-10-15(20)18-14-7-5-11(2)6-8-14/h5-9H,4,10H2,1-3H3,(H,18,20). The smallest absolute Gasteiger partial charge is 0.234 e. The molecule has 0 bridgehead atoms. The largest absolute Gasteiger partial charge is 0.325 e. The van der Waals surface area contributed by atoms with E-state index in [9.17, 15) is 4.79 Å². The van der Waals surface area contributed by atoms with Crippen LogP contribution in [0.4, 0.5) is 5.69 Å². The van der Waals surface area contributed by atoms with E-state index < -0.39 is 0 Å². The lowest BCUT2D eigenvalue weighted by molar-refractivity contribution is -0.113. The Morgan fingerprint density at radius 2 is 1.90 bits per heavy atom. The molecule has 0 radical (unpaired) electrons. The predicted octanol–water partition coefficient (Wildman–Crippen LogP) is 3.39. The lowest BCUT2D eigenvalue weighted by Gasteiger charge is -2.06. The lowest BCUT2D eigenvalue weighted by Crippen LogP contribution is -2.14. The van der Waals surface area contributed by atoms with E-state index in [4.69, 9.17) is 0 Å². The molecule has 0 aliphatic rings. The van der Waals surface area contributed by atoms with Crippen LogP contribution in [0.25, 0.3) is 0 Å². The zero-order valence-corrected chi connectivity index (χ0v) is 13.3. The number of benzene rings is 1. The Morgan fingerprint density at radius 3 is 2.57 bits per heavy atom. The van der Waals surface area contributed by atoms with Crippen molar-refractivity contribution in [1.82, 2.24) is 9.97 Å². The second-order valence-corrected chi connectivity index (χ2v) is 5.78. The Bertz CT molecular complexity index is 626. The van der Waals surface area contributed by atoms with Gasteiger partial charge in [0.15, 0.2) is 5.16 Å². The normalized spacial score (nSPS) is 10.4. The predicted molar refractivity (Wildman–Crippen MR) is 86.7 cm³/mol. The Morgan fingerprint density at radius 1 is 1.19 bits per heavy atom. The van der Waals surface area contributed by atoms with E-state index in [1.54, 1.807) is 0 Å². The third kappa shape index (κ3) is 4.86. The molecule has 0 aliphatic carbocycles. The first-order valence-electron chi connectivity index (χ1n) is 6.90. The number of aryl methyl sites for hydroxylation is 3. The number of carbonyl (C=O) groups excluding carboxylic acids is 1. The topological polar surface area (TPSA) is 54.9 Å². The van der Waals surface area contributed by atoms with Crippen molar-refractivity contribution >= 4 is 23.4 Å². The van der Waals surface area contributed by atoms with Gasteiger partial charge in [-0.2, -0.15) is 0 Å². The molecule has 5 heteroatoms. The maximum absolute atomic E-state index is 11.9. The zero-order valence-electron chi connectivity index (χ0n) is 12.5. The second kappa shape index (κ2) is 7.22. The van der Waals surface area contributed by atoms with E-state index in [-0.39, 0.29) is 5.91 Å². The summed E-state index contributed by atoms with van der Waals surface area (Å²) >= 11 is 1.36. The number of anilines is 1. The molecule has 0 unspecified atom stereocenters. The van der Waals surface area contributed by atoms with E-state index in [1.165, 1.54) is 17.3 Å². The Balaban J connectivity index is 1.92. The van der Waals surface area contributed by atoms with Gasteiger partial charge in [0.1, 0.15) is 0 Å². The van der Waals surface area contributed by atoms with Crippen LogP contribution in [0.2, 0.25) is 0 Å². The van der Waals surface area contributed by atoms with Crippen LogP contribution in [0, 0.1) is 13.8 Å². The van der Waals surface area contributed by atoms with Crippen molar-refractivity contribution in [1.29, 1.82) is 0 Å². The van der Waals surface area contributed by atoms with E-state index in [1.807, 2.05) is 44.2 Å². The molecule has 0 saturated carbocycles. The van der Waals surface area contributed by atoms with Crippen molar-refractivity contribution in [2.24, 2.45) is 0 Å². The van der Waals surface area contributed by atoms with E-state index in [2.05, 4.69) is 22.2 Å². The number of carbonyl (C=O) groups is 1. The number of nitrogens with one attached hydrogen (secondary N) is 1. The van der Waals surface area contributed by atoms with Gasteiger partial charge in [-0.05, 0) is 38.5 Å². The van der Waals surface area contributed by atoms with Crippen LogP contribution in [-0.4, -0.2) is 21.6 Å². The highest BCUT2D eigenvalue weighted by atomic mass is 32.2. The molecule has 0 atom stereocenters. The quantitative estimate of drug-likeness (QED) is 0.679. The minimum atomic E-state index is -0.0491. The van der Waals surface area contributed by atoms with Crippen LogP contribution < -0.4 is 5.32 Å². The van der Waals surface area contributed by atoms with Gasteiger partial charge in [-0.15, -0.1) is 0 Å². The summed E-state index contributed by atoms with van der Waals surface area (Å²) < 4.78 is 0. The van der Waals surface area contributed by atoms with Gasteiger partial charge in [0.2, 0.25) is 5.91 Å². The Labute approximate surface area is 129 Å². The van der Waals surface area contributed by atoms with Gasteiger partial charge in [-0.1, -0.05) is 36.4 Å².